The van der Waals surface area contributed by atoms with E-state index in [2.05, 4.69) is 0 Å². The predicted octanol–water partition coefficient (Wildman–Crippen LogP) is 2.33. The summed E-state index contributed by atoms with van der Waals surface area (Å²) >= 11 is 0. The highest BCUT2D eigenvalue weighted by molar-refractivity contribution is 4.79. The molecular formula is C9H18F3NO. The van der Waals surface area contributed by atoms with E-state index < -0.39 is 18.3 Å². The topological polar surface area (TPSA) is 35.2 Å². The molecule has 0 aliphatic rings. The first kappa shape index (κ1) is 13.7. The summed E-state index contributed by atoms with van der Waals surface area (Å²) in [6.07, 6.45) is -5.96. The van der Waals surface area contributed by atoms with Gasteiger partial charge in [-0.2, -0.15) is 13.2 Å². The van der Waals surface area contributed by atoms with Crippen LogP contribution in [-0.4, -0.2) is 24.9 Å². The molecule has 0 saturated carbocycles. The summed E-state index contributed by atoms with van der Waals surface area (Å²) in [4.78, 5) is 0. The molecule has 0 saturated heterocycles. The fourth-order valence-corrected chi connectivity index (χ4v) is 0.971. The molecule has 0 rings (SSSR count). The summed E-state index contributed by atoms with van der Waals surface area (Å²) in [7, 11) is 0. The van der Waals surface area contributed by atoms with Crippen LogP contribution in [0.5, 0.6) is 0 Å². The van der Waals surface area contributed by atoms with Gasteiger partial charge in [-0.25, -0.2) is 0 Å². The zero-order chi connectivity index (χ0) is 11.4. The van der Waals surface area contributed by atoms with Crippen molar-refractivity contribution in [1.82, 2.24) is 0 Å². The van der Waals surface area contributed by atoms with Gasteiger partial charge in [-0.1, -0.05) is 20.8 Å². The van der Waals surface area contributed by atoms with Crippen LogP contribution in [0.1, 0.15) is 27.2 Å². The Morgan fingerprint density at radius 3 is 2.07 bits per heavy atom. The second-order valence-electron chi connectivity index (χ2n) is 3.76. The van der Waals surface area contributed by atoms with Crippen molar-refractivity contribution in [2.75, 3.05) is 6.61 Å². The molecule has 0 bridgehead atoms. The maximum absolute atomic E-state index is 12.4. The Morgan fingerprint density at radius 2 is 1.79 bits per heavy atom. The van der Waals surface area contributed by atoms with Gasteiger partial charge in [0.25, 0.3) is 0 Å². The second kappa shape index (κ2) is 5.56. The Bertz CT molecular complexity index is 159. The molecule has 2 atom stereocenters. The molecule has 0 radical (unpaired) electrons. The van der Waals surface area contributed by atoms with Crippen molar-refractivity contribution in [3.63, 3.8) is 0 Å². The highest BCUT2D eigenvalue weighted by Gasteiger charge is 2.43. The van der Waals surface area contributed by atoms with Gasteiger partial charge in [0, 0.05) is 12.6 Å². The highest BCUT2D eigenvalue weighted by atomic mass is 19.4. The van der Waals surface area contributed by atoms with Gasteiger partial charge in [0.05, 0.1) is 0 Å². The monoisotopic (exact) mass is 213 g/mol. The van der Waals surface area contributed by atoms with Crippen LogP contribution in [0.25, 0.3) is 0 Å². The van der Waals surface area contributed by atoms with E-state index in [1.165, 1.54) is 0 Å². The first-order valence-electron chi connectivity index (χ1n) is 4.72. The summed E-state index contributed by atoms with van der Waals surface area (Å²) < 4.78 is 42.0. The Kier molecular flexibility index (Phi) is 5.44. The largest absolute Gasteiger partial charge is 0.416 e. The van der Waals surface area contributed by atoms with E-state index in [-0.39, 0.29) is 18.9 Å². The van der Waals surface area contributed by atoms with E-state index in [9.17, 15) is 13.2 Å². The highest BCUT2D eigenvalue weighted by Crippen LogP contribution is 2.26. The molecule has 0 amide bonds. The number of halogens is 3. The SMILES string of the molecule is CCC(N)C(OCC(C)C)C(F)(F)F. The fraction of sp³-hybridized carbons (Fsp3) is 1.00. The summed E-state index contributed by atoms with van der Waals surface area (Å²) in [6.45, 7) is 5.29. The molecule has 0 spiro atoms. The van der Waals surface area contributed by atoms with Gasteiger partial charge >= 0.3 is 6.18 Å². The van der Waals surface area contributed by atoms with Crippen LogP contribution in [0.4, 0.5) is 13.2 Å². The molecule has 2 nitrogen and oxygen atoms in total. The van der Waals surface area contributed by atoms with Crippen LogP contribution in [0.15, 0.2) is 0 Å². The minimum atomic E-state index is -4.37. The minimum Gasteiger partial charge on any atom is -0.367 e. The zero-order valence-electron chi connectivity index (χ0n) is 8.77. The van der Waals surface area contributed by atoms with Gasteiger partial charge in [0.15, 0.2) is 6.10 Å². The molecule has 0 aromatic rings. The van der Waals surface area contributed by atoms with E-state index in [1.54, 1.807) is 20.8 Å². The summed E-state index contributed by atoms with van der Waals surface area (Å²) in [5.41, 5.74) is 5.34. The average Bonchev–Trinajstić information content (AvgIpc) is 2.01. The number of nitrogens with two attached hydrogens (primary N) is 1. The van der Waals surface area contributed by atoms with E-state index in [0.29, 0.717) is 0 Å². The van der Waals surface area contributed by atoms with Crippen LogP contribution in [0.3, 0.4) is 0 Å². The van der Waals surface area contributed by atoms with Gasteiger partial charge in [0.1, 0.15) is 0 Å². The van der Waals surface area contributed by atoms with Crippen LogP contribution in [-0.2, 0) is 4.74 Å². The van der Waals surface area contributed by atoms with Crippen molar-refractivity contribution in [1.29, 1.82) is 0 Å². The summed E-state index contributed by atoms with van der Waals surface area (Å²) in [5.74, 6) is 0.0731. The third kappa shape index (κ3) is 4.81. The van der Waals surface area contributed by atoms with E-state index >= 15 is 0 Å². The lowest BCUT2D eigenvalue weighted by molar-refractivity contribution is -0.228. The van der Waals surface area contributed by atoms with Gasteiger partial charge in [-0.15, -0.1) is 0 Å². The molecule has 0 aliphatic carbocycles. The lowest BCUT2D eigenvalue weighted by Gasteiger charge is -2.26. The fourth-order valence-electron chi connectivity index (χ4n) is 0.971. The lowest BCUT2D eigenvalue weighted by atomic mass is 10.1. The Morgan fingerprint density at radius 1 is 1.29 bits per heavy atom. The molecule has 2 unspecified atom stereocenters. The molecule has 0 heterocycles. The zero-order valence-corrected chi connectivity index (χ0v) is 8.77. The van der Waals surface area contributed by atoms with Crippen LogP contribution in [0.2, 0.25) is 0 Å². The smallest absolute Gasteiger partial charge is 0.367 e. The first-order chi connectivity index (χ1) is 6.29. The maximum atomic E-state index is 12.4. The van der Waals surface area contributed by atoms with Gasteiger partial charge < -0.3 is 10.5 Å². The molecule has 86 valence electrons. The molecule has 0 fully saturated rings. The lowest BCUT2D eigenvalue weighted by Crippen LogP contribution is -2.47. The van der Waals surface area contributed by atoms with Crippen molar-refractivity contribution in [2.45, 2.75) is 45.5 Å². The Balaban J connectivity index is 4.26. The van der Waals surface area contributed by atoms with Crippen LogP contribution >= 0.6 is 0 Å². The van der Waals surface area contributed by atoms with E-state index in [4.69, 9.17) is 10.5 Å². The van der Waals surface area contributed by atoms with Crippen molar-refractivity contribution in [2.24, 2.45) is 11.7 Å². The molecule has 14 heavy (non-hydrogen) atoms. The van der Waals surface area contributed by atoms with Crippen molar-refractivity contribution in [3.8, 4) is 0 Å². The number of hydrogen-bond donors (Lipinski definition) is 1. The number of ether oxygens (including phenoxy) is 1. The average molecular weight is 213 g/mol. The van der Waals surface area contributed by atoms with Crippen molar-refractivity contribution >= 4 is 0 Å². The maximum Gasteiger partial charge on any atom is 0.416 e. The normalized spacial score (nSPS) is 17.1. The third-order valence-electron chi connectivity index (χ3n) is 1.79. The number of alkyl halides is 3. The van der Waals surface area contributed by atoms with Crippen LogP contribution < -0.4 is 5.73 Å². The molecule has 0 aromatic heterocycles. The van der Waals surface area contributed by atoms with Gasteiger partial charge in [0.2, 0.25) is 0 Å². The quantitative estimate of drug-likeness (QED) is 0.760. The molecular weight excluding hydrogens is 195 g/mol. The number of rotatable bonds is 5. The van der Waals surface area contributed by atoms with E-state index in [0.717, 1.165) is 0 Å². The third-order valence-corrected chi connectivity index (χ3v) is 1.79. The minimum absolute atomic E-state index is 0.0731. The molecule has 0 aliphatic heterocycles. The molecule has 5 heteroatoms. The summed E-state index contributed by atoms with van der Waals surface area (Å²) in [5, 5.41) is 0. The standard InChI is InChI=1S/C9H18F3NO/c1-4-7(13)8(9(10,11)12)14-5-6(2)3/h6-8H,4-5,13H2,1-3H3. The predicted molar refractivity (Wildman–Crippen MR) is 48.9 cm³/mol. The molecule has 2 N–H and O–H groups in total. The Labute approximate surface area is 82.6 Å². The van der Waals surface area contributed by atoms with Crippen molar-refractivity contribution in [3.05, 3.63) is 0 Å². The summed E-state index contributed by atoms with van der Waals surface area (Å²) in [6, 6.07) is -0.978. The molecule has 0 aromatic carbocycles. The van der Waals surface area contributed by atoms with Gasteiger partial charge in [-0.05, 0) is 12.3 Å². The number of hydrogen-bond acceptors (Lipinski definition) is 2. The first-order valence-corrected chi connectivity index (χ1v) is 4.72. The Hall–Kier alpha value is -0.290. The van der Waals surface area contributed by atoms with Crippen molar-refractivity contribution < 1.29 is 17.9 Å². The second-order valence-corrected chi connectivity index (χ2v) is 3.76. The van der Waals surface area contributed by atoms with Crippen LogP contribution in [0, 0.1) is 5.92 Å². The van der Waals surface area contributed by atoms with E-state index in [1.807, 2.05) is 0 Å². The van der Waals surface area contributed by atoms with Gasteiger partial charge in [-0.3, -0.25) is 0 Å².